The third-order valence-electron chi connectivity index (χ3n) is 10.4. The van der Waals surface area contributed by atoms with E-state index in [1.165, 1.54) is 0 Å². The van der Waals surface area contributed by atoms with Gasteiger partial charge in [-0.1, -0.05) is 56.3 Å². The molecule has 4 amide bonds. The van der Waals surface area contributed by atoms with Gasteiger partial charge in [0.25, 0.3) is 0 Å². The normalized spacial score (nSPS) is 19.8. The number of nitrogens with one attached hydrogen (secondary N) is 3. The van der Waals surface area contributed by atoms with Gasteiger partial charge >= 0.3 is 0 Å². The molecule has 254 valence electrons. The van der Waals surface area contributed by atoms with Gasteiger partial charge in [-0.15, -0.1) is 0 Å². The summed E-state index contributed by atoms with van der Waals surface area (Å²) in [5.74, 6) is 0.0652. The van der Waals surface area contributed by atoms with Crippen molar-refractivity contribution in [3.05, 3.63) is 88.3 Å². The second-order valence-electron chi connectivity index (χ2n) is 13.2. The minimum Gasteiger partial charge on any atom is -0.343 e. The van der Waals surface area contributed by atoms with Crippen molar-refractivity contribution in [3.8, 4) is 0 Å². The highest BCUT2D eigenvalue weighted by atomic mass is 16.2. The molecule has 5 rings (SSSR count). The number of hydrogen-bond donors (Lipinski definition) is 3. The average molecular weight is 653 g/mol. The van der Waals surface area contributed by atoms with Crippen LogP contribution in [0.4, 0.5) is 5.69 Å². The third-order valence-corrected chi connectivity index (χ3v) is 10.4. The molecule has 1 atom stereocenters. The molecule has 0 saturated carbocycles. The van der Waals surface area contributed by atoms with Crippen LogP contribution in [0.5, 0.6) is 0 Å². The number of amides is 4. The maximum atomic E-state index is 14.5. The van der Waals surface area contributed by atoms with E-state index in [1.54, 1.807) is 16.7 Å². The topological polar surface area (TPSA) is 123 Å². The van der Waals surface area contributed by atoms with Crippen LogP contribution in [0.1, 0.15) is 69.2 Å². The maximum absolute atomic E-state index is 14.5. The number of rotatable bonds is 12. The van der Waals surface area contributed by atoms with E-state index in [0.29, 0.717) is 69.8 Å². The van der Waals surface area contributed by atoms with Crippen molar-refractivity contribution in [2.75, 3.05) is 31.5 Å². The third kappa shape index (κ3) is 6.85. The van der Waals surface area contributed by atoms with Gasteiger partial charge in [0.15, 0.2) is 0 Å². The first kappa shape index (κ1) is 34.8. The summed E-state index contributed by atoms with van der Waals surface area (Å²) in [6, 6.07) is 13.8. The highest BCUT2D eigenvalue weighted by Crippen LogP contribution is 2.48. The van der Waals surface area contributed by atoms with E-state index in [0.717, 1.165) is 34.4 Å². The molecule has 0 unspecified atom stereocenters. The Labute approximate surface area is 283 Å². The molecule has 0 radical (unpaired) electrons. The number of carbonyl (C=O) groups is 4. The Bertz CT molecular complexity index is 1650. The van der Waals surface area contributed by atoms with Gasteiger partial charge in [-0.2, -0.15) is 0 Å². The summed E-state index contributed by atoms with van der Waals surface area (Å²) in [4.78, 5) is 61.1. The van der Waals surface area contributed by atoms with Crippen molar-refractivity contribution in [2.24, 2.45) is 15.8 Å². The van der Waals surface area contributed by atoms with Crippen LogP contribution in [-0.4, -0.2) is 66.3 Å². The van der Waals surface area contributed by atoms with Crippen molar-refractivity contribution < 1.29 is 19.2 Å². The highest BCUT2D eigenvalue weighted by Gasteiger charge is 2.51. The van der Waals surface area contributed by atoms with Crippen molar-refractivity contribution in [1.82, 2.24) is 20.4 Å². The number of nitrogens with zero attached hydrogens (tertiary/aromatic N) is 3. The molecule has 2 heterocycles. The van der Waals surface area contributed by atoms with Crippen LogP contribution >= 0.6 is 0 Å². The first-order valence-electron chi connectivity index (χ1n) is 17.0. The highest BCUT2D eigenvalue weighted by molar-refractivity contribution is 5.96. The quantitative estimate of drug-likeness (QED) is 0.292. The van der Waals surface area contributed by atoms with Crippen LogP contribution < -0.4 is 16.0 Å². The number of carbonyl (C=O) groups excluding carboxylic acids is 4. The van der Waals surface area contributed by atoms with Gasteiger partial charge in [-0.05, 0) is 86.7 Å². The lowest BCUT2D eigenvalue weighted by molar-refractivity contribution is -0.150. The number of benzene rings is 2. The van der Waals surface area contributed by atoms with Gasteiger partial charge in [0.05, 0.1) is 10.8 Å². The number of likely N-dealkylation sites (tertiary alicyclic amines) is 1. The second kappa shape index (κ2) is 14.7. The number of fused-ring (bicyclic) bond motifs is 1. The van der Waals surface area contributed by atoms with Crippen LogP contribution in [-0.2, 0) is 45.1 Å². The maximum Gasteiger partial charge on any atom is 0.244 e. The van der Waals surface area contributed by atoms with Gasteiger partial charge in [0, 0.05) is 44.4 Å². The molecule has 1 aliphatic carbocycles. The van der Waals surface area contributed by atoms with Gasteiger partial charge < -0.3 is 25.8 Å². The fraction of sp³-hybridized carbons (Fsp3) is 0.447. The van der Waals surface area contributed by atoms with Gasteiger partial charge in [0.2, 0.25) is 23.6 Å². The lowest BCUT2D eigenvalue weighted by Crippen LogP contribution is -2.52. The van der Waals surface area contributed by atoms with Crippen molar-refractivity contribution >= 4 is 36.0 Å². The summed E-state index contributed by atoms with van der Waals surface area (Å²) >= 11 is 0. The summed E-state index contributed by atoms with van der Waals surface area (Å²) in [6.45, 7) is 13.9. The van der Waals surface area contributed by atoms with E-state index in [2.05, 4.69) is 40.7 Å². The van der Waals surface area contributed by atoms with Crippen LogP contribution in [0.2, 0.25) is 0 Å². The molecule has 2 aliphatic heterocycles. The summed E-state index contributed by atoms with van der Waals surface area (Å²) in [5.41, 5.74) is 4.14. The molecule has 1 fully saturated rings. The van der Waals surface area contributed by atoms with Gasteiger partial charge in [-0.3, -0.25) is 19.2 Å². The lowest BCUT2D eigenvalue weighted by atomic mass is 9.74. The average Bonchev–Trinajstić information content (AvgIpc) is 3.59. The van der Waals surface area contributed by atoms with E-state index in [9.17, 15) is 19.2 Å². The zero-order valence-corrected chi connectivity index (χ0v) is 28.7. The molecule has 0 aromatic heterocycles. The summed E-state index contributed by atoms with van der Waals surface area (Å²) in [6.07, 6.45) is 6.60. The minimum atomic E-state index is -0.760. The summed E-state index contributed by atoms with van der Waals surface area (Å²) < 4.78 is 0. The lowest BCUT2D eigenvalue weighted by Gasteiger charge is -2.42. The Balaban J connectivity index is 1.37. The Morgan fingerprint density at radius 2 is 1.77 bits per heavy atom. The number of piperidine rings is 1. The zero-order chi connectivity index (χ0) is 34.5. The molecule has 2 aromatic carbocycles. The first-order chi connectivity index (χ1) is 23.1. The van der Waals surface area contributed by atoms with E-state index in [4.69, 9.17) is 0 Å². The van der Waals surface area contributed by atoms with Crippen LogP contribution in [0, 0.1) is 10.8 Å². The van der Waals surface area contributed by atoms with Crippen molar-refractivity contribution in [2.45, 2.75) is 72.9 Å². The van der Waals surface area contributed by atoms with Gasteiger partial charge in [0.1, 0.15) is 12.4 Å². The fourth-order valence-corrected chi connectivity index (χ4v) is 7.50. The Hall–Kier alpha value is -4.57. The molecule has 3 N–H and O–H groups in total. The summed E-state index contributed by atoms with van der Waals surface area (Å²) in [5, 5.41) is 9.31. The largest absolute Gasteiger partial charge is 0.343 e. The number of allylic oxidation sites excluding steroid dienone is 2. The van der Waals surface area contributed by atoms with Crippen molar-refractivity contribution in [1.29, 1.82) is 0 Å². The molecule has 10 heteroatoms. The van der Waals surface area contributed by atoms with E-state index in [1.807, 2.05) is 62.4 Å². The zero-order valence-electron chi connectivity index (χ0n) is 28.7. The number of anilines is 1. The fourth-order valence-electron chi connectivity index (χ4n) is 7.50. The molecular weight excluding hydrogens is 604 g/mol. The smallest absolute Gasteiger partial charge is 0.244 e. The molecule has 1 spiro atoms. The van der Waals surface area contributed by atoms with E-state index < -0.39 is 10.8 Å². The minimum absolute atomic E-state index is 0.0152. The number of hydrogen-bond acceptors (Lipinski definition) is 6. The van der Waals surface area contributed by atoms with E-state index in [-0.39, 0.29) is 30.2 Å². The Morgan fingerprint density at radius 1 is 1.06 bits per heavy atom. The molecule has 48 heavy (non-hydrogen) atoms. The van der Waals surface area contributed by atoms with Crippen LogP contribution in [0.25, 0.3) is 0 Å². The van der Waals surface area contributed by atoms with Crippen molar-refractivity contribution in [3.63, 3.8) is 0 Å². The molecule has 0 bridgehead atoms. The second-order valence-corrected chi connectivity index (χ2v) is 13.2. The molecule has 1 saturated heterocycles. The standard InChI is InChI=1S/C38H48N6O4/c1-6-11-32-34(39-5)42-35(47)38(32)21-27-14-15-31(20-30(27)22-38)41-33(46)25-44(24-29-13-10-9-12-28(29)23-40-8-3)36(48)37(7-2)16-18-43(19-17-37)26(4)45/h6,9-15,20,40H,5,7-8,16-19,21-25H2,1-4H3,(H,41,46)(H,42,47)/b11-6-/t38-/m1/s1. The number of aliphatic imine (C=N–C) groups is 1. The van der Waals surface area contributed by atoms with Crippen LogP contribution in [0.3, 0.4) is 0 Å². The molecule has 3 aliphatic rings. The monoisotopic (exact) mass is 652 g/mol. The molecule has 2 aromatic rings. The predicted molar refractivity (Wildman–Crippen MR) is 188 cm³/mol. The van der Waals surface area contributed by atoms with Crippen LogP contribution in [0.15, 0.2) is 71.0 Å². The van der Waals surface area contributed by atoms with Gasteiger partial charge in [-0.25, -0.2) is 4.99 Å². The Morgan fingerprint density at radius 3 is 2.42 bits per heavy atom. The first-order valence-corrected chi connectivity index (χ1v) is 17.0. The molecule has 10 nitrogen and oxygen atoms in total. The Kier molecular flexibility index (Phi) is 10.6. The molecular formula is C38H48N6O4. The summed E-state index contributed by atoms with van der Waals surface area (Å²) in [7, 11) is 0. The predicted octanol–water partition coefficient (Wildman–Crippen LogP) is 4.51. The SMILES string of the molecule is C=NC1=C(/C=C\C)[C@]2(Cc3ccc(NC(=O)CN(Cc4ccccc4CNCC)C(=O)C4(CC)CCN(C(C)=O)CC4)cc3C2)C(=O)N1. The van der Waals surface area contributed by atoms with E-state index >= 15 is 0 Å².